The molecule has 0 aromatic heterocycles. The van der Waals surface area contributed by atoms with E-state index in [2.05, 4.69) is 10.6 Å². The molecule has 0 aliphatic heterocycles. The second-order valence-corrected chi connectivity index (χ2v) is 7.11. The number of rotatable bonds is 7. The Labute approximate surface area is 176 Å². The van der Waals surface area contributed by atoms with Crippen LogP contribution in [0.1, 0.15) is 30.6 Å². The highest BCUT2D eigenvalue weighted by atomic mass is 35.5. The van der Waals surface area contributed by atoms with Crippen molar-refractivity contribution in [1.82, 2.24) is 5.32 Å². The van der Waals surface area contributed by atoms with E-state index in [4.69, 9.17) is 33.0 Å². The monoisotopic (exact) mass is 440 g/mol. The van der Waals surface area contributed by atoms with Gasteiger partial charge >= 0.3 is 5.97 Å². The van der Waals surface area contributed by atoms with E-state index in [-0.39, 0.29) is 44.6 Å². The molecule has 0 saturated carbocycles. The molecular weight excluding hydrogens is 423 g/mol. The van der Waals surface area contributed by atoms with E-state index >= 15 is 0 Å². The van der Waals surface area contributed by atoms with Crippen LogP contribution in [0.2, 0.25) is 10.0 Å². The van der Waals surface area contributed by atoms with Crippen molar-refractivity contribution in [1.29, 1.82) is 0 Å². The van der Waals surface area contributed by atoms with Crippen molar-refractivity contribution in [2.45, 2.75) is 26.3 Å². The Morgan fingerprint density at radius 2 is 1.72 bits per heavy atom. The summed E-state index contributed by atoms with van der Waals surface area (Å²) in [5.41, 5.74) is 0.210. The molecule has 0 atom stereocenters. The number of phenolic OH excluding ortho intramolecular Hbond substituents is 1. The molecular formula is C19H18Cl2N2O6. The lowest BCUT2D eigenvalue weighted by Gasteiger charge is -2.14. The van der Waals surface area contributed by atoms with Gasteiger partial charge in [0.1, 0.15) is 17.9 Å². The highest BCUT2D eigenvalue weighted by molar-refractivity contribution is 6.37. The molecule has 0 fully saturated rings. The average molecular weight is 441 g/mol. The molecule has 0 unspecified atom stereocenters. The number of phenols is 1. The maximum atomic E-state index is 12.2. The maximum Gasteiger partial charge on any atom is 0.312 e. The summed E-state index contributed by atoms with van der Waals surface area (Å²) in [6.07, 6.45) is -0.706. The van der Waals surface area contributed by atoms with Crippen LogP contribution in [0.15, 0.2) is 30.3 Å². The number of carbonyl (C=O) groups is 3. The van der Waals surface area contributed by atoms with Gasteiger partial charge in [0.25, 0.3) is 5.91 Å². The minimum absolute atomic E-state index is 0.0148. The summed E-state index contributed by atoms with van der Waals surface area (Å²) in [5, 5.41) is 23.7. The molecule has 8 nitrogen and oxygen atoms in total. The van der Waals surface area contributed by atoms with Gasteiger partial charge in [-0.2, -0.15) is 0 Å². The third kappa shape index (κ3) is 6.27. The number of hydrogen-bond donors (Lipinski definition) is 4. The molecule has 10 heteroatoms. The molecule has 0 heterocycles. The minimum Gasteiger partial charge on any atom is -0.507 e. The molecule has 0 bridgehead atoms. The summed E-state index contributed by atoms with van der Waals surface area (Å²) in [7, 11) is 0. The van der Waals surface area contributed by atoms with E-state index in [1.165, 1.54) is 30.3 Å². The van der Waals surface area contributed by atoms with Gasteiger partial charge in [0.2, 0.25) is 5.91 Å². The van der Waals surface area contributed by atoms with Gasteiger partial charge in [0, 0.05) is 11.7 Å². The van der Waals surface area contributed by atoms with E-state index in [1.807, 2.05) is 0 Å². The van der Waals surface area contributed by atoms with E-state index in [9.17, 15) is 19.5 Å². The molecule has 154 valence electrons. The van der Waals surface area contributed by atoms with Crippen LogP contribution in [0.5, 0.6) is 17.2 Å². The van der Waals surface area contributed by atoms with Gasteiger partial charge in [-0.15, -0.1) is 0 Å². The zero-order chi connectivity index (χ0) is 21.7. The molecule has 0 radical (unpaired) electrons. The summed E-state index contributed by atoms with van der Waals surface area (Å²) in [5.74, 6) is -2.45. The fraction of sp³-hybridized carbons (Fsp3) is 0.211. The topological polar surface area (TPSA) is 125 Å². The van der Waals surface area contributed by atoms with Gasteiger partial charge in [-0.1, -0.05) is 23.2 Å². The summed E-state index contributed by atoms with van der Waals surface area (Å²) < 4.78 is 5.65. The number of carbonyl (C=O) groups excluding carboxylic acids is 2. The Hall–Kier alpha value is -2.97. The van der Waals surface area contributed by atoms with Gasteiger partial charge in [0.05, 0.1) is 15.6 Å². The van der Waals surface area contributed by atoms with Crippen LogP contribution in [0.3, 0.4) is 0 Å². The van der Waals surface area contributed by atoms with E-state index < -0.39 is 24.2 Å². The molecule has 0 aliphatic rings. The lowest BCUT2D eigenvalue weighted by atomic mass is 10.1. The van der Waals surface area contributed by atoms with E-state index in [0.29, 0.717) is 0 Å². The van der Waals surface area contributed by atoms with Gasteiger partial charge in [-0.05, 0) is 44.2 Å². The maximum absolute atomic E-state index is 12.2. The number of benzene rings is 2. The second kappa shape index (κ2) is 9.49. The first-order valence-corrected chi connectivity index (χ1v) is 9.14. The number of anilines is 1. The van der Waals surface area contributed by atoms with Crippen LogP contribution in [0, 0.1) is 0 Å². The standard InChI is InChI=1S/C19H18Cl2N2O6/c1-9(2)22-19(28)12-7-11(3-4-15(12)24)29-18-13(20)5-10(6-14(18)21)23-16(25)8-17(26)27/h3-7,9,24H,8H2,1-2H3,(H,22,28)(H,23,25)(H,26,27). The highest BCUT2D eigenvalue weighted by Gasteiger charge is 2.17. The first kappa shape index (κ1) is 22.3. The predicted molar refractivity (Wildman–Crippen MR) is 108 cm³/mol. The zero-order valence-electron chi connectivity index (χ0n) is 15.5. The molecule has 0 aliphatic carbocycles. The molecule has 0 spiro atoms. The lowest BCUT2D eigenvalue weighted by Crippen LogP contribution is -2.30. The number of hydrogen-bond acceptors (Lipinski definition) is 5. The highest BCUT2D eigenvalue weighted by Crippen LogP contribution is 2.39. The Bertz CT molecular complexity index is 939. The SMILES string of the molecule is CC(C)NC(=O)c1cc(Oc2c(Cl)cc(NC(=O)CC(=O)O)cc2Cl)ccc1O. The predicted octanol–water partition coefficient (Wildman–Crippen LogP) is 4.04. The van der Waals surface area contributed by atoms with Crippen LogP contribution in [-0.2, 0) is 9.59 Å². The van der Waals surface area contributed by atoms with Crippen LogP contribution in [0.4, 0.5) is 5.69 Å². The summed E-state index contributed by atoms with van der Waals surface area (Å²) >= 11 is 12.3. The molecule has 2 amide bonds. The normalized spacial score (nSPS) is 10.5. The van der Waals surface area contributed by atoms with Crippen molar-refractivity contribution in [3.8, 4) is 17.2 Å². The van der Waals surface area contributed by atoms with Crippen molar-refractivity contribution < 1.29 is 29.3 Å². The third-order valence-corrected chi connectivity index (χ3v) is 4.01. The fourth-order valence-electron chi connectivity index (χ4n) is 2.29. The minimum atomic E-state index is -1.27. The van der Waals surface area contributed by atoms with Crippen molar-refractivity contribution in [3.63, 3.8) is 0 Å². The Balaban J connectivity index is 2.25. The number of amides is 2. The molecule has 4 N–H and O–H groups in total. The van der Waals surface area contributed by atoms with Gasteiger partial charge in [0.15, 0.2) is 5.75 Å². The molecule has 29 heavy (non-hydrogen) atoms. The number of carboxylic acid groups (broad SMARTS) is 1. The van der Waals surface area contributed by atoms with Crippen molar-refractivity contribution in [2.75, 3.05) is 5.32 Å². The summed E-state index contributed by atoms with van der Waals surface area (Å²) in [4.78, 5) is 34.3. The summed E-state index contributed by atoms with van der Waals surface area (Å²) in [6, 6.07) is 6.62. The smallest absolute Gasteiger partial charge is 0.312 e. The lowest BCUT2D eigenvalue weighted by molar-refractivity contribution is -0.139. The average Bonchev–Trinajstić information content (AvgIpc) is 2.58. The molecule has 2 rings (SSSR count). The number of aromatic hydroxyl groups is 1. The number of aliphatic carboxylic acids is 1. The van der Waals surface area contributed by atoms with Crippen LogP contribution < -0.4 is 15.4 Å². The van der Waals surface area contributed by atoms with Crippen LogP contribution >= 0.6 is 23.2 Å². The third-order valence-electron chi connectivity index (χ3n) is 3.45. The molecule has 2 aromatic carbocycles. The first-order chi connectivity index (χ1) is 13.6. The van der Waals surface area contributed by atoms with Gasteiger partial charge < -0.3 is 25.6 Å². The van der Waals surface area contributed by atoms with Crippen molar-refractivity contribution in [3.05, 3.63) is 45.9 Å². The Kier molecular flexibility index (Phi) is 7.30. The molecule has 2 aromatic rings. The summed E-state index contributed by atoms with van der Waals surface area (Å²) in [6.45, 7) is 3.57. The zero-order valence-corrected chi connectivity index (χ0v) is 17.0. The van der Waals surface area contributed by atoms with Gasteiger partial charge in [-0.25, -0.2) is 0 Å². The van der Waals surface area contributed by atoms with E-state index in [0.717, 1.165) is 0 Å². The van der Waals surface area contributed by atoms with Crippen LogP contribution in [0.25, 0.3) is 0 Å². The number of nitrogens with one attached hydrogen (secondary N) is 2. The fourth-order valence-corrected chi connectivity index (χ4v) is 2.85. The largest absolute Gasteiger partial charge is 0.507 e. The number of ether oxygens (including phenoxy) is 1. The molecule has 0 saturated heterocycles. The first-order valence-electron chi connectivity index (χ1n) is 8.39. The van der Waals surface area contributed by atoms with E-state index in [1.54, 1.807) is 13.8 Å². The van der Waals surface area contributed by atoms with Gasteiger partial charge in [-0.3, -0.25) is 14.4 Å². The quantitative estimate of drug-likeness (QED) is 0.481. The Morgan fingerprint density at radius 3 is 2.28 bits per heavy atom. The van der Waals surface area contributed by atoms with Crippen LogP contribution in [-0.4, -0.2) is 34.0 Å². The van der Waals surface area contributed by atoms with Crippen molar-refractivity contribution >= 4 is 46.7 Å². The second-order valence-electron chi connectivity index (χ2n) is 6.30. The van der Waals surface area contributed by atoms with Crippen molar-refractivity contribution in [2.24, 2.45) is 0 Å². The number of carboxylic acids is 1. The number of halogens is 2. The Morgan fingerprint density at radius 1 is 1.10 bits per heavy atom.